The second kappa shape index (κ2) is 9.60. The van der Waals surface area contributed by atoms with Gasteiger partial charge in [-0.3, -0.25) is 0 Å². The van der Waals surface area contributed by atoms with Crippen LogP contribution in [0.4, 0.5) is 11.4 Å². The zero-order chi connectivity index (χ0) is 20.6. The molecule has 3 aromatic carbocycles. The van der Waals surface area contributed by atoms with Crippen LogP contribution in [0, 0.1) is 0 Å². The van der Waals surface area contributed by atoms with Gasteiger partial charge in [0.25, 0.3) is 0 Å². The van der Waals surface area contributed by atoms with Gasteiger partial charge in [-0.2, -0.15) is 0 Å². The Balaban J connectivity index is 1.62. The minimum atomic E-state index is -0.361. The molecule has 3 aromatic rings. The highest BCUT2D eigenvalue weighted by atomic mass is 16.5. The number of carbonyl (C=O) groups is 1. The Labute approximate surface area is 172 Å². The molecular formula is C25H26N2O2. The van der Waals surface area contributed by atoms with E-state index in [4.69, 9.17) is 0 Å². The number of anilines is 2. The van der Waals surface area contributed by atoms with Crippen molar-refractivity contribution in [2.45, 2.75) is 6.54 Å². The van der Waals surface area contributed by atoms with Crippen molar-refractivity contribution in [3.8, 4) is 11.1 Å². The first-order valence-corrected chi connectivity index (χ1v) is 9.52. The van der Waals surface area contributed by atoms with E-state index in [1.54, 1.807) is 6.08 Å². The minimum Gasteiger partial charge on any atom is -0.466 e. The van der Waals surface area contributed by atoms with Crippen LogP contribution in [0.25, 0.3) is 17.2 Å². The molecule has 1 N–H and O–H groups in total. The van der Waals surface area contributed by atoms with E-state index in [0.29, 0.717) is 0 Å². The Kier molecular flexibility index (Phi) is 6.69. The third-order valence-electron chi connectivity index (χ3n) is 4.67. The van der Waals surface area contributed by atoms with Crippen LogP contribution in [-0.4, -0.2) is 27.2 Å². The van der Waals surface area contributed by atoms with Crippen LogP contribution < -0.4 is 10.2 Å². The molecule has 148 valence electrons. The Morgan fingerprint density at radius 2 is 1.62 bits per heavy atom. The molecule has 4 nitrogen and oxygen atoms in total. The van der Waals surface area contributed by atoms with Gasteiger partial charge in [0.1, 0.15) is 0 Å². The second-order valence-corrected chi connectivity index (χ2v) is 6.97. The predicted molar refractivity (Wildman–Crippen MR) is 121 cm³/mol. The first kappa shape index (κ1) is 20.2. The van der Waals surface area contributed by atoms with E-state index in [0.717, 1.165) is 17.8 Å². The molecule has 0 aliphatic rings. The van der Waals surface area contributed by atoms with Crippen LogP contribution in [0.5, 0.6) is 0 Å². The standard InChI is InChI=1S/C25H26N2O2/c1-27(2)24-14-12-22(13-15-24)21-10-7-20(8-11-21)18-26-23-6-4-5-19(17-23)9-16-25(28)29-3/h4-17,26H,18H2,1-3H3. The Morgan fingerprint density at radius 3 is 2.24 bits per heavy atom. The van der Waals surface area contributed by atoms with Crippen molar-refractivity contribution >= 4 is 23.4 Å². The zero-order valence-electron chi connectivity index (χ0n) is 17.1. The number of carbonyl (C=O) groups excluding carboxylic acids is 1. The van der Waals surface area contributed by atoms with Crippen molar-refractivity contribution in [1.29, 1.82) is 0 Å². The second-order valence-electron chi connectivity index (χ2n) is 6.97. The molecule has 0 saturated carbocycles. The van der Waals surface area contributed by atoms with E-state index in [-0.39, 0.29) is 5.97 Å². The molecule has 0 radical (unpaired) electrons. The van der Waals surface area contributed by atoms with Crippen molar-refractivity contribution in [2.24, 2.45) is 0 Å². The molecule has 0 heterocycles. The Morgan fingerprint density at radius 1 is 0.966 bits per heavy atom. The molecular weight excluding hydrogens is 360 g/mol. The van der Waals surface area contributed by atoms with E-state index in [2.05, 4.69) is 63.5 Å². The van der Waals surface area contributed by atoms with E-state index in [1.807, 2.05) is 38.4 Å². The number of methoxy groups -OCH3 is 1. The summed E-state index contributed by atoms with van der Waals surface area (Å²) in [4.78, 5) is 13.3. The summed E-state index contributed by atoms with van der Waals surface area (Å²) in [6.07, 6.45) is 3.16. The zero-order valence-corrected chi connectivity index (χ0v) is 17.1. The monoisotopic (exact) mass is 386 g/mol. The van der Waals surface area contributed by atoms with E-state index < -0.39 is 0 Å². The topological polar surface area (TPSA) is 41.6 Å². The normalized spacial score (nSPS) is 10.7. The SMILES string of the molecule is COC(=O)C=Cc1cccc(NCc2ccc(-c3ccc(N(C)C)cc3)cc2)c1. The van der Waals surface area contributed by atoms with Gasteiger partial charge in [0.05, 0.1) is 7.11 Å². The molecule has 0 bridgehead atoms. The fourth-order valence-electron chi connectivity index (χ4n) is 2.96. The van der Waals surface area contributed by atoms with E-state index in [9.17, 15) is 4.79 Å². The van der Waals surface area contributed by atoms with Crippen molar-refractivity contribution in [3.63, 3.8) is 0 Å². The lowest BCUT2D eigenvalue weighted by Gasteiger charge is -2.13. The largest absolute Gasteiger partial charge is 0.466 e. The third-order valence-corrected chi connectivity index (χ3v) is 4.67. The van der Waals surface area contributed by atoms with Crippen molar-refractivity contribution in [2.75, 3.05) is 31.4 Å². The molecule has 0 aliphatic carbocycles. The Bertz CT molecular complexity index is 974. The molecule has 0 fully saturated rings. The number of nitrogens with zero attached hydrogens (tertiary/aromatic N) is 1. The smallest absolute Gasteiger partial charge is 0.330 e. The summed E-state index contributed by atoms with van der Waals surface area (Å²) in [5.41, 5.74) is 6.75. The molecule has 0 atom stereocenters. The molecule has 0 spiro atoms. The molecule has 0 aliphatic heterocycles. The van der Waals surface area contributed by atoms with Gasteiger partial charge in [-0.25, -0.2) is 4.79 Å². The first-order valence-electron chi connectivity index (χ1n) is 9.52. The fourth-order valence-corrected chi connectivity index (χ4v) is 2.96. The number of nitrogens with one attached hydrogen (secondary N) is 1. The minimum absolute atomic E-state index is 0.361. The van der Waals surface area contributed by atoms with Gasteiger partial charge in [0.15, 0.2) is 0 Å². The molecule has 0 aromatic heterocycles. The Hall–Kier alpha value is -3.53. The van der Waals surface area contributed by atoms with Gasteiger partial charge < -0.3 is 15.0 Å². The highest BCUT2D eigenvalue weighted by molar-refractivity contribution is 5.87. The van der Waals surface area contributed by atoms with Crippen LogP contribution >= 0.6 is 0 Å². The maximum atomic E-state index is 11.2. The first-order chi connectivity index (χ1) is 14.0. The molecule has 3 rings (SSSR count). The lowest BCUT2D eigenvalue weighted by Crippen LogP contribution is -2.07. The number of hydrogen-bond donors (Lipinski definition) is 1. The summed E-state index contributed by atoms with van der Waals surface area (Å²) >= 11 is 0. The molecule has 29 heavy (non-hydrogen) atoms. The highest BCUT2D eigenvalue weighted by Crippen LogP contribution is 2.23. The summed E-state index contributed by atoms with van der Waals surface area (Å²) < 4.78 is 4.62. The van der Waals surface area contributed by atoms with Gasteiger partial charge in [-0.05, 0) is 52.6 Å². The summed E-state index contributed by atoms with van der Waals surface area (Å²) in [6.45, 7) is 0.726. The summed E-state index contributed by atoms with van der Waals surface area (Å²) in [5, 5.41) is 3.43. The number of hydrogen-bond acceptors (Lipinski definition) is 4. The maximum Gasteiger partial charge on any atom is 0.330 e. The third kappa shape index (κ3) is 5.72. The van der Waals surface area contributed by atoms with E-state index in [1.165, 1.54) is 35.6 Å². The maximum absolute atomic E-state index is 11.2. The predicted octanol–water partition coefficient (Wildman–Crippen LogP) is 5.22. The van der Waals surface area contributed by atoms with Crippen molar-refractivity contribution in [3.05, 3.63) is 90.0 Å². The quantitative estimate of drug-likeness (QED) is 0.447. The van der Waals surface area contributed by atoms with Crippen molar-refractivity contribution < 1.29 is 9.53 Å². The average molecular weight is 386 g/mol. The van der Waals surface area contributed by atoms with Gasteiger partial charge >= 0.3 is 5.97 Å². The van der Waals surface area contributed by atoms with Gasteiger partial charge in [-0.1, -0.05) is 48.5 Å². The van der Waals surface area contributed by atoms with E-state index >= 15 is 0 Å². The van der Waals surface area contributed by atoms with Gasteiger partial charge in [-0.15, -0.1) is 0 Å². The van der Waals surface area contributed by atoms with Crippen LogP contribution in [-0.2, 0) is 16.1 Å². The molecule has 0 unspecified atom stereocenters. The lowest BCUT2D eigenvalue weighted by atomic mass is 10.0. The van der Waals surface area contributed by atoms with Crippen LogP contribution in [0.2, 0.25) is 0 Å². The summed E-state index contributed by atoms with van der Waals surface area (Å²) in [5.74, 6) is -0.361. The summed E-state index contributed by atoms with van der Waals surface area (Å²) in [6, 6.07) is 25.1. The van der Waals surface area contributed by atoms with Crippen molar-refractivity contribution in [1.82, 2.24) is 0 Å². The lowest BCUT2D eigenvalue weighted by molar-refractivity contribution is -0.134. The number of benzene rings is 3. The highest BCUT2D eigenvalue weighted by Gasteiger charge is 2.01. The fraction of sp³-hybridized carbons (Fsp3) is 0.160. The number of ether oxygens (including phenoxy) is 1. The van der Waals surface area contributed by atoms with Crippen LogP contribution in [0.3, 0.4) is 0 Å². The van der Waals surface area contributed by atoms with Crippen LogP contribution in [0.15, 0.2) is 78.9 Å². The molecule has 0 saturated heterocycles. The average Bonchev–Trinajstić information content (AvgIpc) is 2.76. The number of rotatable bonds is 7. The van der Waals surface area contributed by atoms with Crippen LogP contribution in [0.1, 0.15) is 11.1 Å². The number of esters is 1. The van der Waals surface area contributed by atoms with Gasteiger partial charge in [0, 0.05) is 38.1 Å². The summed E-state index contributed by atoms with van der Waals surface area (Å²) in [7, 11) is 5.46. The molecule has 0 amide bonds. The molecule has 4 heteroatoms. The van der Waals surface area contributed by atoms with Gasteiger partial charge in [0.2, 0.25) is 0 Å².